The number of allylic oxidation sites excluding steroid dienone is 2. The van der Waals surface area contributed by atoms with Crippen molar-refractivity contribution in [1.29, 1.82) is 0 Å². The Labute approximate surface area is 697 Å². The van der Waals surface area contributed by atoms with Gasteiger partial charge < -0.3 is 74.7 Å². The van der Waals surface area contributed by atoms with Crippen molar-refractivity contribution in [3.05, 3.63) is 76.2 Å². The van der Waals surface area contributed by atoms with Gasteiger partial charge in [-0.25, -0.2) is 4.79 Å². The molecule has 15 atom stereocenters. The first-order valence-corrected chi connectivity index (χ1v) is 41.9. The number of piperidine rings is 1. The lowest BCUT2D eigenvalue weighted by molar-refractivity contribution is -0.157. The minimum Gasteiger partial charge on any atom is -0.462 e. The van der Waals surface area contributed by atoms with Crippen LogP contribution in [0.5, 0.6) is 0 Å². The fourth-order valence-corrected chi connectivity index (χ4v) is 16.7. The van der Waals surface area contributed by atoms with Crippen LogP contribution in [-0.2, 0) is 81.3 Å². The summed E-state index contributed by atoms with van der Waals surface area (Å²) in [6, 6.07) is -3.85. The maximum Gasteiger partial charge on any atom is 0.339 e. The van der Waals surface area contributed by atoms with E-state index in [0.717, 1.165) is 33.7 Å². The third-order valence-corrected chi connectivity index (χ3v) is 23.4. The molecule has 29 nitrogen and oxygen atoms in total. The van der Waals surface area contributed by atoms with Crippen molar-refractivity contribution in [2.45, 2.75) is 247 Å². The predicted molar refractivity (Wildman–Crippen MR) is 450 cm³/mol. The molecule has 0 spiro atoms. The minimum absolute atomic E-state index is 0.0229. The number of aliphatic hydroxyl groups is 1. The van der Waals surface area contributed by atoms with Crippen LogP contribution in [0.15, 0.2) is 59.5 Å². The molecule has 1 aliphatic carbocycles. The van der Waals surface area contributed by atoms with E-state index >= 15 is 9.59 Å². The highest BCUT2D eigenvalue weighted by Gasteiger charge is 2.53. The zero-order chi connectivity index (χ0) is 87.7. The lowest BCUT2D eigenvalue weighted by atomic mass is 9.69. The van der Waals surface area contributed by atoms with Crippen molar-refractivity contribution in [1.82, 2.24) is 70.0 Å². The summed E-state index contributed by atoms with van der Waals surface area (Å²) in [5.74, 6) is -9.88. The van der Waals surface area contributed by atoms with Crippen LogP contribution >= 0.6 is 15.9 Å². The average molecular weight is 1690 g/mol. The number of halogens is 1. The second kappa shape index (κ2) is 43.4. The summed E-state index contributed by atoms with van der Waals surface area (Å²) in [7, 11) is 16.0. The Kier molecular flexibility index (Phi) is 36.7. The Morgan fingerprint density at radius 3 is 1.68 bits per heavy atom. The van der Waals surface area contributed by atoms with E-state index < -0.39 is 161 Å². The number of aliphatic hydroxyl groups excluding tert-OH is 1. The summed E-state index contributed by atoms with van der Waals surface area (Å²) in [4.78, 5) is 187. The maximum atomic E-state index is 15.1. The van der Waals surface area contributed by atoms with Crippen LogP contribution in [0.3, 0.4) is 0 Å². The summed E-state index contributed by atoms with van der Waals surface area (Å²) in [6.45, 7) is 30.5. The SMILES string of the molecule is CC=CCC(C)C(O)C1C(=O)NC(CC)C(=O)N(C)CC(=O)N(C)C(CC(C)C)C(=O)NC(C(C)C)C(=O)N(C)C(CC(C)C)C(=O)NC(C)C(=O)NC(C)C(=O)N(C)C(CC(C)C)C(=O)N(C)C(CC(C)C)C(=O)N(C)C(C(C)C)C(=O)N1C.COC12CC(COC(=O)c3cncc(Br)c3)CN(C)C1Cc1cn(C)c3cccc2c13. The van der Waals surface area contributed by atoms with E-state index in [1.165, 1.54) is 116 Å². The number of methoxy groups -OCH3 is 1. The molecule has 6 rings (SSSR count). The van der Waals surface area contributed by atoms with E-state index in [4.69, 9.17) is 9.47 Å². The van der Waals surface area contributed by atoms with Gasteiger partial charge in [0.05, 0.1) is 24.8 Å². The monoisotopic (exact) mass is 1680 g/mol. The summed E-state index contributed by atoms with van der Waals surface area (Å²) in [6.07, 6.45) is 10.2. The number of pyridine rings is 1. The first-order chi connectivity index (χ1) is 54.1. The number of aryl methyl sites for hydroxylation is 1. The number of amides is 11. The third-order valence-electron chi connectivity index (χ3n) is 23.0. The number of fused-ring (bicyclic) bond motifs is 2. The molecule has 1 aromatic carbocycles. The average Bonchev–Trinajstić information content (AvgIpc) is 1.45. The molecule has 0 radical (unpaired) electrons. The minimum atomic E-state index is -1.61. The van der Waals surface area contributed by atoms with Crippen LogP contribution in [0.2, 0.25) is 0 Å². The normalized spacial score (nSPS) is 26.5. The van der Waals surface area contributed by atoms with Gasteiger partial charge in [0, 0.05) is 116 Å². The number of hydrogen-bond acceptors (Lipinski definition) is 17. The number of likely N-dealkylation sites (tertiary alicyclic amines) is 1. The first kappa shape index (κ1) is 98.2. The van der Waals surface area contributed by atoms with E-state index in [1.807, 2.05) is 68.6 Å². The fourth-order valence-electron chi connectivity index (χ4n) is 16.3. The van der Waals surface area contributed by atoms with Crippen molar-refractivity contribution in [3.8, 4) is 0 Å². The van der Waals surface area contributed by atoms with Gasteiger partial charge in [-0.15, -0.1) is 0 Å². The maximum absolute atomic E-state index is 15.1. The number of carbonyl (C=O) groups is 12. The van der Waals surface area contributed by atoms with Crippen LogP contribution in [0.4, 0.5) is 0 Å². The molecule has 11 amide bonds. The van der Waals surface area contributed by atoms with Gasteiger partial charge in [0.2, 0.25) is 65.0 Å². The van der Waals surface area contributed by atoms with E-state index in [9.17, 15) is 53.1 Å². The number of rotatable bonds is 19. The molecule has 0 bridgehead atoms. The topological polar surface area (TPSA) is 335 Å². The molecule has 2 fully saturated rings. The Morgan fingerprint density at radius 2 is 1.15 bits per heavy atom. The van der Waals surface area contributed by atoms with E-state index in [-0.39, 0.29) is 73.7 Å². The Hall–Kier alpha value is -8.35. The number of esters is 1. The molecule has 30 heteroatoms. The molecule has 116 heavy (non-hydrogen) atoms. The van der Waals surface area contributed by atoms with Crippen LogP contribution in [0.25, 0.3) is 10.9 Å². The lowest BCUT2D eigenvalue weighted by Crippen LogP contribution is -2.63. The number of nitrogens with one attached hydrogen (secondary N) is 4. The van der Waals surface area contributed by atoms with Crippen molar-refractivity contribution >= 4 is 97.8 Å². The molecular formula is C86H137BrN14O15. The standard InChI is InChI=1S/C62H111N11O12.C24H26BrN3O3/c1-25-27-28-40(15)52(75)51-56(79)65-43(26-2)58(81)67(18)33-48(74)68(19)44(29-34(3)4)55(78)66-49(38(11)12)61(84)69(20)45(30-35(5)6)54(77)63-41(16)53(76)64-42(17)57(80)70(21)46(31-36(7)8)59(82)71(22)47(32-37(9)10)60(83)72(23)50(39(13)14)62(85)73(51)24;1-27-13-17-8-21-24(30-3,19-5-4-6-20(27)22(17)19)9-15(12-28(21)2)14-31-23(29)16-7-18(25)11-26-10-16/h25,27,34-47,49-52,75H,26,28-33H2,1-24H3,(H,63,77)(H,64,76)(H,65,79)(H,66,78);4-7,10-11,13,15,21H,8-9,12,14H2,1-3H3. The van der Waals surface area contributed by atoms with Gasteiger partial charge in [-0.3, -0.25) is 62.6 Å². The number of benzene rings is 1. The Balaban J connectivity index is 0.000000631. The molecule has 2 saturated heterocycles. The van der Waals surface area contributed by atoms with Gasteiger partial charge in [0.15, 0.2) is 0 Å². The summed E-state index contributed by atoms with van der Waals surface area (Å²) >= 11 is 3.35. The van der Waals surface area contributed by atoms with Crippen LogP contribution in [0.1, 0.15) is 184 Å². The number of nitrogens with zero attached hydrogens (tertiary/aromatic N) is 10. The second-order valence-electron chi connectivity index (χ2n) is 34.9. The van der Waals surface area contributed by atoms with Crippen LogP contribution in [-0.4, -0.2) is 281 Å². The van der Waals surface area contributed by atoms with Crippen molar-refractivity contribution in [2.75, 3.05) is 83.2 Å². The third kappa shape index (κ3) is 24.2. The highest BCUT2D eigenvalue weighted by atomic mass is 79.9. The van der Waals surface area contributed by atoms with Gasteiger partial charge in [-0.05, 0) is 160 Å². The highest BCUT2D eigenvalue weighted by molar-refractivity contribution is 9.10. The number of hydrogen-bond donors (Lipinski definition) is 5. The molecule has 15 unspecified atom stereocenters. The van der Waals surface area contributed by atoms with Crippen molar-refractivity contribution in [2.24, 2.45) is 54.4 Å². The molecule has 648 valence electrons. The van der Waals surface area contributed by atoms with E-state index in [0.29, 0.717) is 18.6 Å². The summed E-state index contributed by atoms with van der Waals surface area (Å²) in [5, 5.41) is 24.4. The Bertz CT molecular complexity index is 3960. The largest absolute Gasteiger partial charge is 0.462 e. The molecule has 2 aromatic heterocycles. The van der Waals surface area contributed by atoms with Gasteiger partial charge >= 0.3 is 5.97 Å². The summed E-state index contributed by atoms with van der Waals surface area (Å²) in [5.41, 5.74) is 3.90. The molecule has 0 saturated carbocycles. The number of likely N-dealkylation sites (N-methyl/N-ethyl adjacent to an activating group) is 8. The quantitative estimate of drug-likeness (QED) is 0.0586. The van der Waals surface area contributed by atoms with Crippen LogP contribution < -0.4 is 21.3 Å². The van der Waals surface area contributed by atoms with E-state index in [2.05, 4.69) is 90.1 Å². The number of aromatic nitrogens is 2. The number of carbonyl (C=O) groups excluding carboxylic acids is 12. The molecule has 2 aliphatic heterocycles. The van der Waals surface area contributed by atoms with Gasteiger partial charge in [-0.1, -0.05) is 121 Å². The Morgan fingerprint density at radius 1 is 0.621 bits per heavy atom. The molecule has 3 aliphatic rings. The van der Waals surface area contributed by atoms with Crippen molar-refractivity contribution < 1.29 is 72.1 Å². The first-order valence-electron chi connectivity index (χ1n) is 41.1. The fraction of sp³-hybridized carbons (Fsp3) is 0.686. The predicted octanol–water partition coefficient (Wildman–Crippen LogP) is 7.18. The van der Waals surface area contributed by atoms with Gasteiger partial charge in [-0.2, -0.15) is 0 Å². The number of ether oxygens (including phenoxy) is 2. The molecule has 3 aromatic rings. The zero-order valence-corrected chi connectivity index (χ0v) is 75.6. The van der Waals surface area contributed by atoms with Crippen LogP contribution in [0, 0.1) is 47.3 Å². The highest BCUT2D eigenvalue weighted by Crippen LogP contribution is 2.50. The van der Waals surface area contributed by atoms with Gasteiger partial charge in [0.25, 0.3) is 0 Å². The molecule has 4 heterocycles. The lowest BCUT2D eigenvalue weighted by Gasteiger charge is -2.53. The second-order valence-corrected chi connectivity index (χ2v) is 35.8. The molecular weight excluding hydrogens is 1550 g/mol. The zero-order valence-electron chi connectivity index (χ0n) is 74.0. The summed E-state index contributed by atoms with van der Waals surface area (Å²) < 4.78 is 15.0. The van der Waals surface area contributed by atoms with E-state index in [1.54, 1.807) is 66.8 Å². The smallest absolute Gasteiger partial charge is 0.339 e. The van der Waals surface area contributed by atoms with Gasteiger partial charge in [0.1, 0.15) is 66.0 Å². The molecule has 5 N–H and O–H groups in total. The van der Waals surface area contributed by atoms with Crippen molar-refractivity contribution in [3.63, 3.8) is 0 Å².